The molecule has 0 heterocycles. The van der Waals surface area contributed by atoms with E-state index in [2.05, 4.69) is 10.1 Å². The van der Waals surface area contributed by atoms with Crippen molar-refractivity contribution >= 4 is 11.6 Å². The fourth-order valence-electron chi connectivity index (χ4n) is 2.45. The van der Waals surface area contributed by atoms with Crippen molar-refractivity contribution in [2.75, 3.05) is 11.9 Å². The molecule has 3 N–H and O–H groups in total. The quantitative estimate of drug-likeness (QED) is 0.878. The predicted molar refractivity (Wildman–Crippen MR) is 71.7 cm³/mol. The van der Waals surface area contributed by atoms with Gasteiger partial charge >= 0.3 is 6.36 Å². The molecule has 1 aliphatic carbocycles. The first kappa shape index (κ1) is 15.6. The Morgan fingerprint density at radius 2 is 2.10 bits per heavy atom. The molecule has 0 spiro atoms. The van der Waals surface area contributed by atoms with Gasteiger partial charge in [0.25, 0.3) is 0 Å². The van der Waals surface area contributed by atoms with Crippen LogP contribution in [0.2, 0.25) is 0 Å². The van der Waals surface area contributed by atoms with Crippen LogP contribution in [0.1, 0.15) is 25.7 Å². The van der Waals surface area contributed by atoms with Crippen LogP contribution in [0.3, 0.4) is 0 Å². The van der Waals surface area contributed by atoms with Crippen molar-refractivity contribution in [3.63, 3.8) is 0 Å². The van der Waals surface area contributed by atoms with Gasteiger partial charge in [0.05, 0.1) is 0 Å². The first-order chi connectivity index (χ1) is 9.82. The van der Waals surface area contributed by atoms with E-state index in [0.29, 0.717) is 6.54 Å². The van der Waals surface area contributed by atoms with Crippen LogP contribution in [0.4, 0.5) is 18.9 Å². The number of hydrogen-bond donors (Lipinski definition) is 2. The lowest BCUT2D eigenvalue weighted by atomic mass is 9.66. The Balaban J connectivity index is 1.96. The number of carbonyl (C=O) groups is 1. The summed E-state index contributed by atoms with van der Waals surface area (Å²) in [6, 6.07) is 5.22. The summed E-state index contributed by atoms with van der Waals surface area (Å²) in [5.41, 5.74) is 5.80. The number of hydrogen-bond acceptors (Lipinski definition) is 3. The number of anilines is 1. The standard InChI is InChI=1S/C14H17F3N2O2/c15-14(16,17)21-11-4-1-3-10(7-11)19-12(20)8-13(9-18)5-2-6-13/h1,3-4,7H,2,5-6,8-9,18H2,(H,19,20). The molecule has 0 aliphatic heterocycles. The molecule has 2 rings (SSSR count). The normalized spacial score (nSPS) is 17.0. The van der Waals surface area contributed by atoms with Crippen LogP contribution < -0.4 is 15.8 Å². The maximum atomic E-state index is 12.1. The number of nitrogens with one attached hydrogen (secondary N) is 1. The Morgan fingerprint density at radius 3 is 2.62 bits per heavy atom. The third-order valence-corrected chi connectivity index (χ3v) is 3.73. The predicted octanol–water partition coefficient (Wildman–Crippen LogP) is 3.04. The van der Waals surface area contributed by atoms with Crippen molar-refractivity contribution < 1.29 is 22.7 Å². The average molecular weight is 302 g/mol. The van der Waals surface area contributed by atoms with Gasteiger partial charge < -0.3 is 15.8 Å². The third-order valence-electron chi connectivity index (χ3n) is 3.73. The van der Waals surface area contributed by atoms with Gasteiger partial charge in [0, 0.05) is 18.2 Å². The van der Waals surface area contributed by atoms with E-state index in [9.17, 15) is 18.0 Å². The van der Waals surface area contributed by atoms with Crippen LogP contribution in [-0.2, 0) is 4.79 Å². The van der Waals surface area contributed by atoms with E-state index in [1.54, 1.807) is 0 Å². The van der Waals surface area contributed by atoms with Crippen molar-refractivity contribution in [1.82, 2.24) is 0 Å². The highest BCUT2D eigenvalue weighted by atomic mass is 19.4. The summed E-state index contributed by atoms with van der Waals surface area (Å²) < 4.78 is 40.2. The monoisotopic (exact) mass is 302 g/mol. The van der Waals surface area contributed by atoms with Crippen molar-refractivity contribution in [3.05, 3.63) is 24.3 Å². The van der Waals surface area contributed by atoms with Gasteiger partial charge in [0.1, 0.15) is 5.75 Å². The Bertz CT molecular complexity index is 508. The second kappa shape index (κ2) is 5.93. The van der Waals surface area contributed by atoms with Gasteiger partial charge in [-0.05, 0) is 36.9 Å². The van der Waals surface area contributed by atoms with E-state index in [4.69, 9.17) is 5.73 Å². The molecule has 1 amide bonds. The van der Waals surface area contributed by atoms with E-state index >= 15 is 0 Å². The SMILES string of the molecule is NCC1(CC(=O)Nc2cccc(OC(F)(F)F)c2)CCC1. The van der Waals surface area contributed by atoms with Crippen LogP contribution in [0.15, 0.2) is 24.3 Å². The third kappa shape index (κ3) is 4.35. The lowest BCUT2D eigenvalue weighted by Gasteiger charge is -2.40. The highest BCUT2D eigenvalue weighted by Crippen LogP contribution is 2.43. The van der Waals surface area contributed by atoms with Gasteiger partial charge in [-0.1, -0.05) is 12.5 Å². The lowest BCUT2D eigenvalue weighted by Crippen LogP contribution is -2.40. The lowest BCUT2D eigenvalue weighted by molar-refractivity contribution is -0.274. The molecular formula is C14H17F3N2O2. The fourth-order valence-corrected chi connectivity index (χ4v) is 2.45. The maximum absolute atomic E-state index is 12.1. The Labute approximate surface area is 120 Å². The summed E-state index contributed by atoms with van der Waals surface area (Å²) in [5, 5.41) is 2.58. The molecule has 116 valence electrons. The number of carbonyl (C=O) groups excluding carboxylic acids is 1. The number of alkyl halides is 3. The molecule has 1 aromatic carbocycles. The zero-order valence-electron chi connectivity index (χ0n) is 11.4. The maximum Gasteiger partial charge on any atom is 0.573 e. The molecule has 1 fully saturated rings. The Hall–Kier alpha value is -1.76. The zero-order chi connectivity index (χ0) is 15.5. The molecule has 0 aromatic heterocycles. The molecule has 0 radical (unpaired) electrons. The number of halogens is 3. The van der Waals surface area contributed by atoms with E-state index in [1.165, 1.54) is 18.2 Å². The molecule has 21 heavy (non-hydrogen) atoms. The molecule has 0 unspecified atom stereocenters. The molecule has 0 atom stereocenters. The van der Waals surface area contributed by atoms with Crippen LogP contribution >= 0.6 is 0 Å². The summed E-state index contributed by atoms with van der Waals surface area (Å²) in [5.74, 6) is -0.609. The van der Waals surface area contributed by atoms with Crippen LogP contribution in [0, 0.1) is 5.41 Å². The van der Waals surface area contributed by atoms with Crippen molar-refractivity contribution in [3.8, 4) is 5.75 Å². The van der Waals surface area contributed by atoms with Crippen LogP contribution in [0.25, 0.3) is 0 Å². The van der Waals surface area contributed by atoms with E-state index in [1.807, 2.05) is 0 Å². The summed E-state index contributed by atoms with van der Waals surface area (Å²) in [6.45, 7) is 0.442. The van der Waals surface area contributed by atoms with Crippen LogP contribution in [-0.4, -0.2) is 18.8 Å². The van der Waals surface area contributed by atoms with Gasteiger partial charge in [0.15, 0.2) is 0 Å². The van der Waals surface area contributed by atoms with Gasteiger partial charge in [-0.2, -0.15) is 0 Å². The highest BCUT2D eigenvalue weighted by molar-refractivity contribution is 5.91. The van der Waals surface area contributed by atoms with Crippen molar-refractivity contribution in [1.29, 1.82) is 0 Å². The van der Waals surface area contributed by atoms with E-state index < -0.39 is 6.36 Å². The molecule has 0 bridgehead atoms. The molecule has 1 saturated carbocycles. The van der Waals surface area contributed by atoms with E-state index in [-0.39, 0.29) is 29.2 Å². The van der Waals surface area contributed by atoms with Gasteiger partial charge in [-0.25, -0.2) is 0 Å². The van der Waals surface area contributed by atoms with E-state index in [0.717, 1.165) is 25.3 Å². The summed E-state index contributed by atoms with van der Waals surface area (Å²) in [4.78, 5) is 11.9. The number of rotatable bonds is 5. The second-order valence-corrected chi connectivity index (χ2v) is 5.36. The molecule has 4 nitrogen and oxygen atoms in total. The molecular weight excluding hydrogens is 285 g/mol. The van der Waals surface area contributed by atoms with Gasteiger partial charge in [-0.3, -0.25) is 4.79 Å². The Kier molecular flexibility index (Phi) is 4.41. The average Bonchev–Trinajstić information content (AvgIpc) is 2.32. The second-order valence-electron chi connectivity index (χ2n) is 5.36. The molecule has 1 aromatic rings. The zero-order valence-corrected chi connectivity index (χ0v) is 11.4. The summed E-state index contributed by atoms with van der Waals surface area (Å²) >= 11 is 0. The minimum atomic E-state index is -4.75. The largest absolute Gasteiger partial charge is 0.573 e. The minimum Gasteiger partial charge on any atom is -0.406 e. The van der Waals surface area contributed by atoms with Gasteiger partial charge in [0.2, 0.25) is 5.91 Å². The summed E-state index contributed by atoms with van der Waals surface area (Å²) in [7, 11) is 0. The van der Waals surface area contributed by atoms with Crippen LogP contribution in [0.5, 0.6) is 5.75 Å². The minimum absolute atomic E-state index is 0.149. The number of benzene rings is 1. The highest BCUT2D eigenvalue weighted by Gasteiger charge is 2.37. The fraction of sp³-hybridized carbons (Fsp3) is 0.500. The van der Waals surface area contributed by atoms with Gasteiger partial charge in [-0.15, -0.1) is 13.2 Å². The topological polar surface area (TPSA) is 64.4 Å². The molecule has 1 aliphatic rings. The van der Waals surface area contributed by atoms with Crippen molar-refractivity contribution in [2.45, 2.75) is 32.0 Å². The molecule has 7 heteroatoms. The molecule has 0 saturated heterocycles. The number of ether oxygens (including phenoxy) is 1. The number of nitrogens with two attached hydrogens (primary N) is 1. The Morgan fingerprint density at radius 1 is 1.38 bits per heavy atom. The summed E-state index contributed by atoms with van der Waals surface area (Å²) in [6.07, 6.45) is -1.59. The number of amides is 1. The first-order valence-corrected chi connectivity index (χ1v) is 6.68. The van der Waals surface area contributed by atoms with Crippen molar-refractivity contribution in [2.24, 2.45) is 11.1 Å². The smallest absolute Gasteiger partial charge is 0.406 e. The first-order valence-electron chi connectivity index (χ1n) is 6.68.